The van der Waals surface area contributed by atoms with E-state index in [1.165, 1.54) is 12.1 Å². The van der Waals surface area contributed by atoms with Crippen molar-refractivity contribution in [2.24, 2.45) is 0 Å². The molecule has 0 unspecified atom stereocenters. The number of hydrogen-bond acceptors (Lipinski definition) is 3. The molecule has 0 bridgehead atoms. The van der Waals surface area contributed by atoms with Crippen molar-refractivity contribution < 1.29 is 27.4 Å². The van der Waals surface area contributed by atoms with Gasteiger partial charge < -0.3 is 14.8 Å². The molecule has 2 aromatic rings. The van der Waals surface area contributed by atoms with Crippen LogP contribution in [0.2, 0.25) is 0 Å². The third-order valence-corrected chi connectivity index (χ3v) is 2.91. The number of para-hydroxylation sites is 1. The smallest absolute Gasteiger partial charge is 0.494 e. The number of anilines is 1. The third kappa shape index (κ3) is 6.60. The largest absolute Gasteiger partial charge is 0.573 e. The van der Waals surface area contributed by atoms with Gasteiger partial charge in [-0.3, -0.25) is 4.79 Å². The van der Waals surface area contributed by atoms with Crippen LogP contribution in [0.15, 0.2) is 54.6 Å². The van der Waals surface area contributed by atoms with E-state index in [1.54, 1.807) is 0 Å². The Morgan fingerprint density at radius 3 is 2.42 bits per heavy atom. The number of hydrogen-bond donors (Lipinski definition) is 1. The van der Waals surface area contributed by atoms with E-state index in [2.05, 4.69) is 10.1 Å². The lowest BCUT2D eigenvalue weighted by atomic mass is 10.2. The summed E-state index contributed by atoms with van der Waals surface area (Å²) in [4.78, 5) is 11.8. The van der Waals surface area contributed by atoms with E-state index < -0.39 is 6.36 Å². The summed E-state index contributed by atoms with van der Waals surface area (Å²) in [5.41, 5.74) is 0.241. The third-order valence-electron chi connectivity index (χ3n) is 2.91. The van der Waals surface area contributed by atoms with Crippen LogP contribution in [0.5, 0.6) is 11.5 Å². The Kier molecular flexibility index (Phi) is 6.06. The fourth-order valence-corrected chi connectivity index (χ4v) is 1.93. The molecule has 4 nitrogen and oxygen atoms in total. The summed E-state index contributed by atoms with van der Waals surface area (Å²) in [7, 11) is 0. The van der Waals surface area contributed by atoms with Crippen LogP contribution in [0.3, 0.4) is 0 Å². The molecule has 128 valence electrons. The number of nitrogens with one attached hydrogen (secondary N) is 1. The molecule has 0 aliphatic rings. The summed E-state index contributed by atoms with van der Waals surface area (Å²) in [6.07, 6.45) is -4.09. The molecular weight excluding hydrogens is 323 g/mol. The van der Waals surface area contributed by atoms with Crippen molar-refractivity contribution in [3.05, 3.63) is 54.6 Å². The van der Waals surface area contributed by atoms with Crippen molar-refractivity contribution in [2.75, 3.05) is 11.9 Å². The highest BCUT2D eigenvalue weighted by atomic mass is 19.4. The Labute approximate surface area is 137 Å². The molecule has 1 N–H and O–H groups in total. The Bertz CT molecular complexity index is 660. The van der Waals surface area contributed by atoms with Crippen molar-refractivity contribution in [3.8, 4) is 11.5 Å². The first kappa shape index (κ1) is 17.7. The molecule has 0 radical (unpaired) electrons. The minimum Gasteiger partial charge on any atom is -0.494 e. The van der Waals surface area contributed by atoms with Crippen LogP contribution < -0.4 is 14.8 Å². The highest BCUT2D eigenvalue weighted by Gasteiger charge is 2.31. The minimum atomic E-state index is -4.77. The van der Waals surface area contributed by atoms with Gasteiger partial charge in [0.1, 0.15) is 11.5 Å². The van der Waals surface area contributed by atoms with Crippen LogP contribution >= 0.6 is 0 Å². The van der Waals surface area contributed by atoms with Gasteiger partial charge in [0.05, 0.1) is 6.61 Å². The second-order valence-corrected chi connectivity index (χ2v) is 4.89. The molecule has 7 heteroatoms. The monoisotopic (exact) mass is 339 g/mol. The van der Waals surface area contributed by atoms with Crippen LogP contribution in [0, 0.1) is 0 Å². The number of alkyl halides is 3. The molecule has 0 saturated carbocycles. The van der Waals surface area contributed by atoms with Crippen LogP contribution in [0.1, 0.15) is 12.8 Å². The highest BCUT2D eigenvalue weighted by molar-refractivity contribution is 5.90. The topological polar surface area (TPSA) is 47.6 Å². The number of ether oxygens (including phenoxy) is 2. The number of amides is 1. The zero-order valence-corrected chi connectivity index (χ0v) is 12.7. The van der Waals surface area contributed by atoms with Crippen molar-refractivity contribution >= 4 is 11.6 Å². The fraction of sp³-hybridized carbons (Fsp3) is 0.235. The minimum absolute atomic E-state index is 0.192. The fourth-order valence-electron chi connectivity index (χ4n) is 1.93. The van der Waals surface area contributed by atoms with Gasteiger partial charge in [-0.15, -0.1) is 13.2 Å². The Morgan fingerprint density at radius 2 is 1.71 bits per heavy atom. The van der Waals surface area contributed by atoms with Gasteiger partial charge in [-0.25, -0.2) is 0 Å². The lowest BCUT2D eigenvalue weighted by Crippen LogP contribution is -2.17. The maximum atomic E-state index is 12.2. The second kappa shape index (κ2) is 8.24. The SMILES string of the molecule is O=C(CCCOc1ccccc1)Nc1cccc(OC(F)(F)F)c1. The predicted molar refractivity (Wildman–Crippen MR) is 82.9 cm³/mol. The Hall–Kier alpha value is -2.70. The molecule has 0 spiro atoms. The van der Waals surface area contributed by atoms with Crippen molar-refractivity contribution in [1.82, 2.24) is 0 Å². The van der Waals surface area contributed by atoms with E-state index in [4.69, 9.17) is 4.74 Å². The van der Waals surface area contributed by atoms with Gasteiger partial charge in [0.2, 0.25) is 5.91 Å². The lowest BCUT2D eigenvalue weighted by molar-refractivity contribution is -0.274. The molecule has 0 aromatic heterocycles. The normalized spacial score (nSPS) is 11.0. The zero-order chi connectivity index (χ0) is 17.4. The first-order valence-electron chi connectivity index (χ1n) is 7.26. The summed E-state index contributed by atoms with van der Waals surface area (Å²) in [5, 5.41) is 2.52. The van der Waals surface area contributed by atoms with E-state index >= 15 is 0 Å². The van der Waals surface area contributed by atoms with Crippen molar-refractivity contribution in [2.45, 2.75) is 19.2 Å². The molecule has 0 fully saturated rings. The quantitative estimate of drug-likeness (QED) is 0.762. The molecule has 0 saturated heterocycles. The van der Waals surface area contributed by atoms with E-state index in [9.17, 15) is 18.0 Å². The van der Waals surface area contributed by atoms with Crippen LogP contribution in [-0.4, -0.2) is 18.9 Å². The number of carbonyl (C=O) groups excluding carboxylic acids is 1. The number of carbonyl (C=O) groups is 1. The van der Waals surface area contributed by atoms with Crippen LogP contribution in [0.25, 0.3) is 0 Å². The van der Waals surface area contributed by atoms with Gasteiger partial charge in [0.15, 0.2) is 0 Å². The standard InChI is InChI=1S/C17H16F3NO3/c18-17(19,20)24-15-9-4-6-13(12-15)21-16(22)10-5-11-23-14-7-2-1-3-8-14/h1-4,6-9,12H,5,10-11H2,(H,21,22). The van der Waals surface area contributed by atoms with Crippen LogP contribution in [0.4, 0.5) is 18.9 Å². The molecule has 2 aromatic carbocycles. The first-order chi connectivity index (χ1) is 11.4. The first-order valence-corrected chi connectivity index (χ1v) is 7.26. The zero-order valence-electron chi connectivity index (χ0n) is 12.7. The molecule has 0 heterocycles. The molecule has 0 aliphatic heterocycles. The number of halogens is 3. The molecule has 24 heavy (non-hydrogen) atoms. The van der Waals surface area contributed by atoms with Gasteiger partial charge in [0, 0.05) is 18.2 Å². The summed E-state index contributed by atoms with van der Waals surface area (Å²) in [5.74, 6) is 0.0263. The number of rotatable bonds is 7. The second-order valence-electron chi connectivity index (χ2n) is 4.89. The maximum absolute atomic E-state index is 12.2. The number of benzene rings is 2. The van der Waals surface area contributed by atoms with Gasteiger partial charge >= 0.3 is 6.36 Å². The van der Waals surface area contributed by atoms with E-state index in [-0.39, 0.29) is 23.8 Å². The average molecular weight is 339 g/mol. The Balaban J connectivity index is 1.75. The van der Waals surface area contributed by atoms with E-state index in [1.807, 2.05) is 30.3 Å². The van der Waals surface area contributed by atoms with Gasteiger partial charge in [-0.1, -0.05) is 24.3 Å². The van der Waals surface area contributed by atoms with Gasteiger partial charge in [-0.2, -0.15) is 0 Å². The summed E-state index contributed by atoms with van der Waals surface area (Å²) < 4.78 is 45.7. The van der Waals surface area contributed by atoms with Crippen molar-refractivity contribution in [1.29, 1.82) is 0 Å². The van der Waals surface area contributed by atoms with Crippen LogP contribution in [-0.2, 0) is 4.79 Å². The lowest BCUT2D eigenvalue weighted by Gasteiger charge is -2.11. The Morgan fingerprint density at radius 1 is 1.00 bits per heavy atom. The highest BCUT2D eigenvalue weighted by Crippen LogP contribution is 2.25. The average Bonchev–Trinajstić information content (AvgIpc) is 2.51. The van der Waals surface area contributed by atoms with Gasteiger partial charge in [0.25, 0.3) is 0 Å². The predicted octanol–water partition coefficient (Wildman–Crippen LogP) is 4.38. The van der Waals surface area contributed by atoms with Gasteiger partial charge in [-0.05, 0) is 30.7 Å². The summed E-state index contributed by atoms with van der Waals surface area (Å²) in [6, 6.07) is 14.3. The molecular formula is C17H16F3NO3. The molecule has 1 amide bonds. The van der Waals surface area contributed by atoms with E-state index in [0.29, 0.717) is 13.0 Å². The summed E-state index contributed by atoms with van der Waals surface area (Å²) in [6.45, 7) is 0.370. The molecule has 0 aliphatic carbocycles. The summed E-state index contributed by atoms with van der Waals surface area (Å²) >= 11 is 0. The van der Waals surface area contributed by atoms with Crippen molar-refractivity contribution in [3.63, 3.8) is 0 Å². The van der Waals surface area contributed by atoms with E-state index in [0.717, 1.165) is 17.9 Å². The molecule has 0 atom stereocenters. The maximum Gasteiger partial charge on any atom is 0.573 e. The molecule has 2 rings (SSSR count).